The molecule has 0 saturated carbocycles. The van der Waals surface area contributed by atoms with Crippen molar-refractivity contribution in [3.8, 4) is 6.07 Å². The van der Waals surface area contributed by atoms with Crippen LogP contribution in [0.4, 0.5) is 5.69 Å². The number of carbonyl (C=O) groups excluding carboxylic acids is 1. The summed E-state index contributed by atoms with van der Waals surface area (Å²) in [4.78, 5) is 14.6. The van der Waals surface area contributed by atoms with Crippen LogP contribution in [0.2, 0.25) is 0 Å². The van der Waals surface area contributed by atoms with Gasteiger partial charge in [0, 0.05) is 17.4 Å². The quantitative estimate of drug-likeness (QED) is 0.865. The molecule has 2 aromatic rings. The molecule has 3 N–H and O–H groups in total. The van der Waals surface area contributed by atoms with Crippen LogP contribution in [0.15, 0.2) is 47.5 Å². The van der Waals surface area contributed by atoms with Gasteiger partial charge in [-0.1, -0.05) is 0 Å². The lowest BCUT2D eigenvalue weighted by atomic mass is 10.2. The van der Waals surface area contributed by atoms with E-state index in [4.69, 9.17) is 11.0 Å². The van der Waals surface area contributed by atoms with Crippen molar-refractivity contribution >= 4 is 21.6 Å². The Morgan fingerprint density at radius 2 is 1.86 bits per heavy atom. The fraction of sp³-hybridized carbons (Fsp3) is 0. The number of carbonyl (C=O) groups is 1. The van der Waals surface area contributed by atoms with Crippen molar-refractivity contribution in [2.24, 2.45) is 5.73 Å². The van der Waals surface area contributed by atoms with E-state index in [1.54, 1.807) is 6.07 Å². The Morgan fingerprint density at radius 1 is 1.19 bits per heavy atom. The fourth-order valence-corrected chi connectivity index (χ4v) is 2.52. The lowest BCUT2D eigenvalue weighted by Crippen LogP contribution is -2.14. The zero-order chi connectivity index (χ0) is 15.5. The number of pyridine rings is 1. The van der Waals surface area contributed by atoms with Crippen molar-refractivity contribution in [3.63, 3.8) is 0 Å². The standard InChI is InChI=1S/C13H10N4O3S/c14-7-11-5-6-12(8-16-11)21(19,20)17-10-3-1-9(2-4-10)13(15)18/h1-6,8,17H,(H2,15,18). The van der Waals surface area contributed by atoms with Crippen LogP contribution in [0, 0.1) is 11.3 Å². The first-order chi connectivity index (χ1) is 9.92. The van der Waals surface area contributed by atoms with Gasteiger partial charge in [-0.2, -0.15) is 5.26 Å². The van der Waals surface area contributed by atoms with Crippen molar-refractivity contribution in [2.45, 2.75) is 4.90 Å². The molecule has 2 rings (SSSR count). The van der Waals surface area contributed by atoms with Crippen LogP contribution in [0.25, 0.3) is 0 Å². The molecule has 0 unspecified atom stereocenters. The predicted octanol–water partition coefficient (Wildman–Crippen LogP) is 0.853. The number of anilines is 1. The number of sulfonamides is 1. The third-order valence-electron chi connectivity index (χ3n) is 2.58. The van der Waals surface area contributed by atoms with E-state index in [1.807, 2.05) is 0 Å². The molecule has 0 fully saturated rings. The lowest BCUT2D eigenvalue weighted by molar-refractivity contribution is 0.100. The van der Waals surface area contributed by atoms with Crippen LogP contribution in [-0.2, 0) is 10.0 Å². The van der Waals surface area contributed by atoms with Crippen LogP contribution in [-0.4, -0.2) is 19.3 Å². The van der Waals surface area contributed by atoms with Crippen LogP contribution in [0.1, 0.15) is 16.1 Å². The van der Waals surface area contributed by atoms with Crippen molar-refractivity contribution < 1.29 is 13.2 Å². The number of hydrogen-bond donors (Lipinski definition) is 2. The zero-order valence-corrected chi connectivity index (χ0v) is 11.5. The van der Waals surface area contributed by atoms with Gasteiger partial charge in [0.25, 0.3) is 10.0 Å². The number of hydrogen-bond acceptors (Lipinski definition) is 5. The van der Waals surface area contributed by atoms with Gasteiger partial charge in [-0.05, 0) is 36.4 Å². The molecule has 0 saturated heterocycles. The lowest BCUT2D eigenvalue weighted by Gasteiger charge is -2.08. The molecule has 1 heterocycles. The molecule has 0 aliphatic rings. The smallest absolute Gasteiger partial charge is 0.263 e. The number of nitrogens with zero attached hydrogens (tertiary/aromatic N) is 2. The van der Waals surface area contributed by atoms with E-state index in [-0.39, 0.29) is 21.8 Å². The van der Waals surface area contributed by atoms with Gasteiger partial charge >= 0.3 is 0 Å². The fourth-order valence-electron chi connectivity index (χ4n) is 1.52. The molecule has 7 nitrogen and oxygen atoms in total. The number of nitrogens with two attached hydrogens (primary N) is 1. The number of primary amides is 1. The summed E-state index contributed by atoms with van der Waals surface area (Å²) in [5.41, 5.74) is 5.78. The van der Waals surface area contributed by atoms with E-state index in [9.17, 15) is 13.2 Å². The summed E-state index contributed by atoms with van der Waals surface area (Å²) in [6, 6.07) is 10.1. The first-order valence-corrected chi connectivity index (χ1v) is 7.19. The molecule has 21 heavy (non-hydrogen) atoms. The Kier molecular flexibility index (Phi) is 3.86. The number of benzene rings is 1. The Hall–Kier alpha value is -2.92. The van der Waals surface area contributed by atoms with Crippen LogP contribution < -0.4 is 10.5 Å². The second-order valence-corrected chi connectivity index (χ2v) is 5.72. The Bertz CT molecular complexity index is 806. The maximum absolute atomic E-state index is 12.1. The summed E-state index contributed by atoms with van der Waals surface area (Å²) in [5.74, 6) is -0.597. The molecule has 0 radical (unpaired) electrons. The van der Waals surface area contributed by atoms with Crippen molar-refractivity contribution in [1.82, 2.24) is 4.98 Å². The monoisotopic (exact) mass is 302 g/mol. The van der Waals surface area contributed by atoms with Crippen molar-refractivity contribution in [3.05, 3.63) is 53.9 Å². The highest BCUT2D eigenvalue weighted by Gasteiger charge is 2.14. The van der Waals surface area contributed by atoms with E-state index in [0.29, 0.717) is 0 Å². The van der Waals surface area contributed by atoms with E-state index >= 15 is 0 Å². The van der Waals surface area contributed by atoms with Gasteiger partial charge in [-0.15, -0.1) is 0 Å². The SMILES string of the molecule is N#Cc1ccc(S(=O)(=O)Nc2ccc(C(N)=O)cc2)cn1. The number of rotatable bonds is 4. The van der Waals surface area contributed by atoms with Gasteiger partial charge in [0.2, 0.25) is 5.91 Å². The maximum atomic E-state index is 12.1. The average Bonchev–Trinajstić information content (AvgIpc) is 2.47. The Labute approximate surface area is 121 Å². The molecular formula is C13H10N4O3S. The third kappa shape index (κ3) is 3.34. The Morgan fingerprint density at radius 3 is 2.33 bits per heavy atom. The van der Waals surface area contributed by atoms with Crippen LogP contribution in [0.3, 0.4) is 0 Å². The second-order valence-electron chi connectivity index (χ2n) is 4.04. The molecule has 0 aliphatic heterocycles. The summed E-state index contributed by atoms with van der Waals surface area (Å²) in [6.07, 6.45) is 1.10. The number of nitrogens with one attached hydrogen (secondary N) is 1. The summed E-state index contributed by atoms with van der Waals surface area (Å²) >= 11 is 0. The van der Waals surface area contributed by atoms with Gasteiger partial charge in [0.05, 0.1) is 0 Å². The second kappa shape index (κ2) is 5.60. The average molecular weight is 302 g/mol. The topological polar surface area (TPSA) is 126 Å². The maximum Gasteiger partial charge on any atom is 0.263 e. The normalized spacial score (nSPS) is 10.6. The van der Waals surface area contributed by atoms with E-state index in [1.165, 1.54) is 36.4 Å². The molecule has 0 spiro atoms. The molecule has 1 aromatic carbocycles. The zero-order valence-electron chi connectivity index (χ0n) is 10.6. The number of nitriles is 1. The molecule has 106 valence electrons. The highest BCUT2D eigenvalue weighted by molar-refractivity contribution is 7.92. The number of amides is 1. The van der Waals surface area contributed by atoms with Crippen LogP contribution >= 0.6 is 0 Å². The van der Waals surface area contributed by atoms with E-state index in [2.05, 4.69) is 9.71 Å². The molecule has 1 amide bonds. The molecule has 0 aliphatic carbocycles. The highest BCUT2D eigenvalue weighted by Crippen LogP contribution is 2.16. The minimum Gasteiger partial charge on any atom is -0.366 e. The highest BCUT2D eigenvalue weighted by atomic mass is 32.2. The first kappa shape index (κ1) is 14.5. The summed E-state index contributed by atoms with van der Waals surface area (Å²) in [5, 5.41) is 8.62. The largest absolute Gasteiger partial charge is 0.366 e. The molecule has 1 aromatic heterocycles. The van der Waals surface area contributed by atoms with E-state index in [0.717, 1.165) is 6.20 Å². The number of aromatic nitrogens is 1. The van der Waals surface area contributed by atoms with E-state index < -0.39 is 15.9 Å². The predicted molar refractivity (Wildman–Crippen MR) is 74.7 cm³/mol. The molecule has 8 heteroatoms. The summed E-state index contributed by atoms with van der Waals surface area (Å²) in [7, 11) is -3.81. The summed E-state index contributed by atoms with van der Waals surface area (Å²) in [6.45, 7) is 0. The van der Waals surface area contributed by atoms with Crippen molar-refractivity contribution in [2.75, 3.05) is 4.72 Å². The van der Waals surface area contributed by atoms with Crippen LogP contribution in [0.5, 0.6) is 0 Å². The van der Waals surface area contributed by atoms with Gasteiger partial charge in [-0.25, -0.2) is 13.4 Å². The van der Waals surface area contributed by atoms with Gasteiger partial charge in [0.15, 0.2) is 0 Å². The van der Waals surface area contributed by atoms with Gasteiger partial charge < -0.3 is 5.73 Å². The summed E-state index contributed by atoms with van der Waals surface area (Å²) < 4.78 is 26.5. The minimum atomic E-state index is -3.81. The Balaban J connectivity index is 2.24. The third-order valence-corrected chi connectivity index (χ3v) is 3.95. The minimum absolute atomic E-state index is 0.0690. The van der Waals surface area contributed by atoms with Gasteiger partial charge in [0.1, 0.15) is 16.7 Å². The molecule has 0 atom stereocenters. The first-order valence-electron chi connectivity index (χ1n) is 5.71. The molecular weight excluding hydrogens is 292 g/mol. The molecule has 0 bridgehead atoms. The van der Waals surface area contributed by atoms with Gasteiger partial charge in [-0.3, -0.25) is 9.52 Å². The van der Waals surface area contributed by atoms with Crippen molar-refractivity contribution in [1.29, 1.82) is 5.26 Å².